The number of nitrogens with zero attached hydrogens (tertiary/aromatic N) is 2. The molecule has 0 bridgehead atoms. The van der Waals surface area contributed by atoms with Gasteiger partial charge in [0.2, 0.25) is 0 Å². The third kappa shape index (κ3) is 11.1. The maximum atomic E-state index is 5.87. The Kier molecular flexibility index (Phi) is 13.4. The monoisotopic (exact) mass is 422 g/mol. The fourth-order valence-electron chi connectivity index (χ4n) is 3.69. The fourth-order valence-corrected chi connectivity index (χ4v) is 3.69. The van der Waals surface area contributed by atoms with E-state index in [1.807, 2.05) is 24.5 Å². The molecule has 1 aromatic carbocycles. The maximum Gasteiger partial charge on any atom is 0.159 e. The van der Waals surface area contributed by atoms with Gasteiger partial charge in [-0.05, 0) is 68.9 Å². The molecule has 1 heterocycles. The van der Waals surface area contributed by atoms with E-state index in [0.29, 0.717) is 0 Å². The van der Waals surface area contributed by atoms with E-state index in [4.69, 9.17) is 4.74 Å². The first kappa shape index (κ1) is 25.1. The highest BCUT2D eigenvalue weighted by atomic mass is 16.5. The molecule has 31 heavy (non-hydrogen) atoms. The summed E-state index contributed by atoms with van der Waals surface area (Å²) in [6.07, 6.45) is 24.9. The highest BCUT2D eigenvalue weighted by Gasteiger charge is 2.03. The minimum absolute atomic E-state index is 0.784. The second kappa shape index (κ2) is 16.5. The molecule has 0 aliphatic heterocycles. The summed E-state index contributed by atoms with van der Waals surface area (Å²) in [5.41, 5.74) is 2.28. The van der Waals surface area contributed by atoms with E-state index in [1.165, 1.54) is 76.2 Å². The van der Waals surface area contributed by atoms with Crippen LogP contribution in [0.15, 0.2) is 48.8 Å². The molecule has 0 fully saturated rings. The van der Waals surface area contributed by atoms with Crippen LogP contribution in [0.2, 0.25) is 0 Å². The van der Waals surface area contributed by atoms with Crippen LogP contribution in [0.5, 0.6) is 5.75 Å². The Morgan fingerprint density at radius 2 is 1.42 bits per heavy atom. The Morgan fingerprint density at radius 1 is 0.774 bits per heavy atom. The topological polar surface area (TPSA) is 35.0 Å². The summed E-state index contributed by atoms with van der Waals surface area (Å²) in [5.74, 6) is 1.71. The summed E-state index contributed by atoms with van der Waals surface area (Å²) in [6.45, 7) is 5.13. The lowest BCUT2D eigenvalue weighted by Gasteiger charge is -2.07. The second-order valence-corrected chi connectivity index (χ2v) is 8.43. The number of aryl methyl sites for hydroxylation is 1. The predicted octanol–water partition coefficient (Wildman–Crippen LogP) is 8.34. The number of hydrogen-bond donors (Lipinski definition) is 0. The van der Waals surface area contributed by atoms with Crippen LogP contribution < -0.4 is 4.74 Å². The van der Waals surface area contributed by atoms with Crippen molar-refractivity contribution in [3.63, 3.8) is 0 Å². The van der Waals surface area contributed by atoms with Gasteiger partial charge in [0.15, 0.2) is 5.82 Å². The second-order valence-electron chi connectivity index (χ2n) is 8.43. The molecule has 0 N–H and O–H groups in total. The van der Waals surface area contributed by atoms with Crippen molar-refractivity contribution in [3.8, 4) is 17.1 Å². The van der Waals surface area contributed by atoms with Crippen LogP contribution in [-0.4, -0.2) is 16.6 Å². The normalized spacial score (nSPS) is 11.3. The van der Waals surface area contributed by atoms with Gasteiger partial charge >= 0.3 is 0 Å². The summed E-state index contributed by atoms with van der Waals surface area (Å²) in [4.78, 5) is 9.16. The predicted molar refractivity (Wildman–Crippen MR) is 133 cm³/mol. The molecule has 0 amide bonds. The molecule has 3 nitrogen and oxygen atoms in total. The Balaban J connectivity index is 1.64. The van der Waals surface area contributed by atoms with E-state index in [2.05, 4.69) is 48.1 Å². The molecular formula is C28H42N2O. The van der Waals surface area contributed by atoms with E-state index in [1.54, 1.807) is 0 Å². The van der Waals surface area contributed by atoms with E-state index in [9.17, 15) is 0 Å². The lowest BCUT2D eigenvalue weighted by Crippen LogP contribution is -1.97. The molecule has 0 saturated heterocycles. The van der Waals surface area contributed by atoms with Crippen molar-refractivity contribution in [3.05, 3.63) is 54.4 Å². The van der Waals surface area contributed by atoms with Crippen LogP contribution in [0.3, 0.4) is 0 Å². The molecule has 2 rings (SSSR count). The van der Waals surface area contributed by atoms with Crippen LogP contribution in [0, 0.1) is 0 Å². The molecular weight excluding hydrogens is 380 g/mol. The Hall–Kier alpha value is -2.16. The van der Waals surface area contributed by atoms with Crippen molar-refractivity contribution >= 4 is 0 Å². The molecule has 170 valence electrons. The van der Waals surface area contributed by atoms with Gasteiger partial charge in [0.1, 0.15) is 5.75 Å². The molecule has 0 aliphatic rings. The summed E-state index contributed by atoms with van der Waals surface area (Å²) < 4.78 is 5.87. The first-order chi connectivity index (χ1) is 15.3. The van der Waals surface area contributed by atoms with E-state index >= 15 is 0 Å². The average Bonchev–Trinajstić information content (AvgIpc) is 2.81. The van der Waals surface area contributed by atoms with Crippen LogP contribution in [-0.2, 0) is 6.42 Å². The zero-order chi connectivity index (χ0) is 22.0. The largest absolute Gasteiger partial charge is 0.494 e. The van der Waals surface area contributed by atoms with Gasteiger partial charge < -0.3 is 4.74 Å². The molecule has 1 aromatic heterocycles. The molecule has 3 heteroatoms. The van der Waals surface area contributed by atoms with Crippen molar-refractivity contribution < 1.29 is 4.74 Å². The van der Waals surface area contributed by atoms with Crippen LogP contribution in [0.25, 0.3) is 11.4 Å². The third-order valence-corrected chi connectivity index (χ3v) is 5.66. The van der Waals surface area contributed by atoms with Gasteiger partial charge in [-0.2, -0.15) is 0 Å². The molecule has 0 unspecified atom stereocenters. The van der Waals surface area contributed by atoms with Gasteiger partial charge in [0.25, 0.3) is 0 Å². The number of rotatable bonds is 17. The van der Waals surface area contributed by atoms with Crippen LogP contribution >= 0.6 is 0 Å². The standard InChI is InChI=1S/C28H42N2O/c1-3-5-7-9-11-13-15-17-25-23-29-28(30-24-25)26-18-20-27(21-19-26)31-22-16-14-12-10-8-6-4-2/h4,6,18-21,23-24H,3,5,7-17,22H2,1-2H3/b6-4-. The van der Waals surface area contributed by atoms with Crippen molar-refractivity contribution in [1.82, 2.24) is 9.97 Å². The summed E-state index contributed by atoms with van der Waals surface area (Å²) >= 11 is 0. The highest BCUT2D eigenvalue weighted by molar-refractivity contribution is 5.55. The number of hydrogen-bond acceptors (Lipinski definition) is 3. The van der Waals surface area contributed by atoms with E-state index in [-0.39, 0.29) is 0 Å². The van der Waals surface area contributed by atoms with Gasteiger partial charge in [0.05, 0.1) is 6.61 Å². The van der Waals surface area contributed by atoms with Gasteiger partial charge in [-0.1, -0.05) is 70.4 Å². The van der Waals surface area contributed by atoms with Crippen LogP contribution in [0.4, 0.5) is 0 Å². The molecule has 0 atom stereocenters. The SMILES string of the molecule is C/C=C\CCCCCCOc1ccc(-c2ncc(CCCCCCCCC)cn2)cc1. The molecule has 0 spiro atoms. The Bertz CT molecular complexity index is 707. The van der Waals surface area contributed by atoms with E-state index < -0.39 is 0 Å². The van der Waals surface area contributed by atoms with E-state index in [0.717, 1.165) is 36.6 Å². The minimum Gasteiger partial charge on any atom is -0.494 e. The smallest absolute Gasteiger partial charge is 0.159 e. The summed E-state index contributed by atoms with van der Waals surface area (Å²) in [7, 11) is 0. The number of unbranched alkanes of at least 4 members (excludes halogenated alkanes) is 10. The lowest BCUT2D eigenvalue weighted by atomic mass is 10.1. The molecule has 0 aliphatic carbocycles. The van der Waals surface area contributed by atoms with Crippen LogP contribution in [0.1, 0.15) is 96.5 Å². The summed E-state index contributed by atoms with van der Waals surface area (Å²) in [5, 5.41) is 0. The quantitative estimate of drug-likeness (QED) is 0.190. The first-order valence-electron chi connectivity index (χ1n) is 12.5. The average molecular weight is 423 g/mol. The maximum absolute atomic E-state index is 5.87. The Morgan fingerprint density at radius 3 is 2.13 bits per heavy atom. The summed E-state index contributed by atoms with van der Waals surface area (Å²) in [6, 6.07) is 8.16. The van der Waals surface area contributed by atoms with Gasteiger partial charge in [-0.3, -0.25) is 0 Å². The van der Waals surface area contributed by atoms with Gasteiger partial charge in [-0.15, -0.1) is 0 Å². The Labute approximate surface area is 190 Å². The van der Waals surface area contributed by atoms with Crippen molar-refractivity contribution in [2.75, 3.05) is 6.61 Å². The van der Waals surface area contributed by atoms with Crippen molar-refractivity contribution in [2.24, 2.45) is 0 Å². The van der Waals surface area contributed by atoms with Gasteiger partial charge in [-0.25, -0.2) is 9.97 Å². The number of benzene rings is 1. The number of allylic oxidation sites excluding steroid dienone is 2. The molecule has 0 saturated carbocycles. The zero-order valence-electron chi connectivity index (χ0n) is 19.8. The number of ether oxygens (including phenoxy) is 1. The third-order valence-electron chi connectivity index (χ3n) is 5.66. The van der Waals surface area contributed by atoms with Crippen molar-refractivity contribution in [2.45, 2.75) is 97.3 Å². The lowest BCUT2D eigenvalue weighted by molar-refractivity contribution is 0.305. The first-order valence-corrected chi connectivity index (χ1v) is 12.5. The van der Waals surface area contributed by atoms with Crippen molar-refractivity contribution in [1.29, 1.82) is 0 Å². The number of aromatic nitrogens is 2. The fraction of sp³-hybridized carbons (Fsp3) is 0.571. The molecule has 2 aromatic rings. The minimum atomic E-state index is 0.784. The highest BCUT2D eigenvalue weighted by Crippen LogP contribution is 2.20. The van der Waals surface area contributed by atoms with Gasteiger partial charge in [0, 0.05) is 18.0 Å². The zero-order valence-corrected chi connectivity index (χ0v) is 19.8. The molecule has 0 radical (unpaired) electrons.